The number of aliphatic hydroxyl groups is 1. The Hall–Kier alpha value is -1.23. The average Bonchev–Trinajstić information content (AvgIpc) is 2.41. The second-order valence-electron chi connectivity index (χ2n) is 4.65. The molecule has 1 heterocycles. The molecule has 0 aromatic heterocycles. The van der Waals surface area contributed by atoms with Crippen molar-refractivity contribution in [1.29, 1.82) is 0 Å². The lowest BCUT2D eigenvalue weighted by Crippen LogP contribution is -2.53. The largest absolute Gasteiger partial charge is 0.494 e. The molecular formula is C12H19NO4. The number of amides is 1. The van der Waals surface area contributed by atoms with Crippen LogP contribution in [0.25, 0.3) is 0 Å². The van der Waals surface area contributed by atoms with Gasteiger partial charge < -0.3 is 19.9 Å². The molecular weight excluding hydrogens is 222 g/mol. The summed E-state index contributed by atoms with van der Waals surface area (Å²) < 4.78 is 10.3. The van der Waals surface area contributed by atoms with Gasteiger partial charge in [0.2, 0.25) is 5.76 Å². The molecule has 0 spiro atoms. The van der Waals surface area contributed by atoms with Gasteiger partial charge in [0.05, 0.1) is 12.1 Å². The molecule has 0 radical (unpaired) electrons. The number of carbonyl (C=O) groups excluding carboxylic acids is 1. The molecule has 1 saturated carbocycles. The second-order valence-corrected chi connectivity index (χ2v) is 4.65. The van der Waals surface area contributed by atoms with Crippen molar-refractivity contribution >= 4 is 5.91 Å². The van der Waals surface area contributed by atoms with E-state index in [9.17, 15) is 9.90 Å². The van der Waals surface area contributed by atoms with Crippen molar-refractivity contribution in [3.8, 4) is 0 Å². The Kier molecular flexibility index (Phi) is 3.89. The SMILES string of the molecule is O=C(NC1(CO)CCCCC1)C1=COCCO1. The molecule has 0 aromatic rings. The van der Waals surface area contributed by atoms with Crippen molar-refractivity contribution in [2.24, 2.45) is 0 Å². The first kappa shape index (κ1) is 12.2. The van der Waals surface area contributed by atoms with E-state index < -0.39 is 5.54 Å². The number of aliphatic hydroxyl groups excluding tert-OH is 1. The Balaban J connectivity index is 1.97. The fraction of sp³-hybridized carbons (Fsp3) is 0.750. The highest BCUT2D eigenvalue weighted by Crippen LogP contribution is 2.28. The zero-order valence-corrected chi connectivity index (χ0v) is 9.91. The molecule has 1 aliphatic carbocycles. The minimum Gasteiger partial charge on any atom is -0.494 e. The van der Waals surface area contributed by atoms with Crippen LogP contribution in [0.3, 0.4) is 0 Å². The van der Waals surface area contributed by atoms with E-state index in [1.165, 1.54) is 12.7 Å². The predicted molar refractivity (Wildman–Crippen MR) is 61.0 cm³/mol. The van der Waals surface area contributed by atoms with Crippen LogP contribution in [0.15, 0.2) is 12.0 Å². The summed E-state index contributed by atoms with van der Waals surface area (Å²) in [4.78, 5) is 11.9. The lowest BCUT2D eigenvalue weighted by molar-refractivity contribution is -0.125. The summed E-state index contributed by atoms with van der Waals surface area (Å²) in [7, 11) is 0. The van der Waals surface area contributed by atoms with Crippen LogP contribution < -0.4 is 5.32 Å². The number of ether oxygens (including phenoxy) is 2. The molecule has 2 rings (SSSR count). The zero-order valence-electron chi connectivity index (χ0n) is 9.91. The third-order valence-corrected chi connectivity index (χ3v) is 3.36. The van der Waals surface area contributed by atoms with Gasteiger partial charge in [-0.1, -0.05) is 19.3 Å². The van der Waals surface area contributed by atoms with Gasteiger partial charge in [-0.25, -0.2) is 0 Å². The number of hydrogen-bond acceptors (Lipinski definition) is 4. The average molecular weight is 241 g/mol. The molecule has 1 amide bonds. The summed E-state index contributed by atoms with van der Waals surface area (Å²) in [5.74, 6) is -0.0877. The zero-order chi connectivity index (χ0) is 12.1. The van der Waals surface area contributed by atoms with Crippen LogP contribution >= 0.6 is 0 Å². The Morgan fingerprint density at radius 2 is 2.12 bits per heavy atom. The highest BCUT2D eigenvalue weighted by atomic mass is 16.6. The summed E-state index contributed by atoms with van der Waals surface area (Å²) in [6.45, 7) is 0.847. The summed E-state index contributed by atoms with van der Waals surface area (Å²) in [6, 6.07) is 0. The van der Waals surface area contributed by atoms with Gasteiger partial charge in [0, 0.05) is 0 Å². The van der Waals surface area contributed by atoms with E-state index in [1.54, 1.807) is 0 Å². The second kappa shape index (κ2) is 5.40. The van der Waals surface area contributed by atoms with E-state index in [-0.39, 0.29) is 18.3 Å². The fourth-order valence-electron chi connectivity index (χ4n) is 2.34. The van der Waals surface area contributed by atoms with Crippen molar-refractivity contribution in [3.05, 3.63) is 12.0 Å². The maximum Gasteiger partial charge on any atom is 0.290 e. The van der Waals surface area contributed by atoms with E-state index in [2.05, 4.69) is 5.32 Å². The molecule has 17 heavy (non-hydrogen) atoms. The first-order valence-electron chi connectivity index (χ1n) is 6.14. The molecule has 0 aromatic carbocycles. The number of carbonyl (C=O) groups is 1. The van der Waals surface area contributed by atoms with Crippen LogP contribution in [0.2, 0.25) is 0 Å². The molecule has 0 atom stereocenters. The molecule has 2 aliphatic rings. The van der Waals surface area contributed by atoms with E-state index in [0.29, 0.717) is 13.2 Å². The van der Waals surface area contributed by atoms with Crippen LogP contribution in [0.1, 0.15) is 32.1 Å². The van der Waals surface area contributed by atoms with Gasteiger partial charge in [0.1, 0.15) is 19.5 Å². The van der Waals surface area contributed by atoms with Crippen LogP contribution in [-0.2, 0) is 14.3 Å². The summed E-state index contributed by atoms with van der Waals surface area (Å²) >= 11 is 0. The first-order chi connectivity index (χ1) is 8.26. The maximum absolute atomic E-state index is 11.9. The number of hydrogen-bond donors (Lipinski definition) is 2. The highest BCUT2D eigenvalue weighted by Gasteiger charge is 2.34. The molecule has 0 bridgehead atoms. The van der Waals surface area contributed by atoms with Gasteiger partial charge in [-0.2, -0.15) is 0 Å². The van der Waals surface area contributed by atoms with Gasteiger partial charge in [-0.3, -0.25) is 4.79 Å². The normalized spacial score (nSPS) is 23.0. The van der Waals surface area contributed by atoms with Gasteiger partial charge in [-0.05, 0) is 12.8 Å². The minimum absolute atomic E-state index is 0.0210. The standard InChI is InChI=1S/C12H19NO4/c14-9-12(4-2-1-3-5-12)13-11(15)10-8-16-6-7-17-10/h8,14H,1-7,9H2,(H,13,15). The molecule has 1 fully saturated rings. The molecule has 5 heteroatoms. The van der Waals surface area contributed by atoms with Crippen molar-refractivity contribution in [1.82, 2.24) is 5.32 Å². The number of nitrogens with one attached hydrogen (secondary N) is 1. The maximum atomic E-state index is 11.9. The molecule has 96 valence electrons. The summed E-state index contributed by atoms with van der Waals surface area (Å²) in [5, 5.41) is 12.4. The monoisotopic (exact) mass is 241 g/mol. The van der Waals surface area contributed by atoms with Crippen molar-refractivity contribution in [2.45, 2.75) is 37.6 Å². The smallest absolute Gasteiger partial charge is 0.290 e. The van der Waals surface area contributed by atoms with Crippen molar-refractivity contribution < 1.29 is 19.4 Å². The topological polar surface area (TPSA) is 67.8 Å². The molecule has 0 unspecified atom stereocenters. The van der Waals surface area contributed by atoms with Gasteiger partial charge in [-0.15, -0.1) is 0 Å². The lowest BCUT2D eigenvalue weighted by atomic mass is 9.82. The van der Waals surface area contributed by atoms with E-state index in [1.807, 2.05) is 0 Å². The van der Waals surface area contributed by atoms with Crippen LogP contribution in [0.5, 0.6) is 0 Å². The van der Waals surface area contributed by atoms with Gasteiger partial charge >= 0.3 is 0 Å². The first-order valence-corrected chi connectivity index (χ1v) is 6.14. The Labute approximate surface area is 101 Å². The Morgan fingerprint density at radius 3 is 2.71 bits per heavy atom. The van der Waals surface area contributed by atoms with Crippen LogP contribution in [0, 0.1) is 0 Å². The lowest BCUT2D eigenvalue weighted by Gasteiger charge is -2.36. The van der Waals surface area contributed by atoms with E-state index >= 15 is 0 Å². The minimum atomic E-state index is -0.475. The Bertz CT molecular complexity index is 308. The van der Waals surface area contributed by atoms with Gasteiger partial charge in [0.25, 0.3) is 5.91 Å². The summed E-state index contributed by atoms with van der Waals surface area (Å²) in [5.41, 5.74) is -0.475. The highest BCUT2D eigenvalue weighted by molar-refractivity contribution is 5.91. The van der Waals surface area contributed by atoms with E-state index in [0.717, 1.165) is 25.7 Å². The molecule has 1 aliphatic heterocycles. The predicted octanol–water partition coefficient (Wildman–Crippen LogP) is 0.686. The third-order valence-electron chi connectivity index (χ3n) is 3.36. The molecule has 2 N–H and O–H groups in total. The third kappa shape index (κ3) is 2.91. The van der Waals surface area contributed by atoms with E-state index in [4.69, 9.17) is 9.47 Å². The molecule has 0 saturated heterocycles. The van der Waals surface area contributed by atoms with Crippen molar-refractivity contribution in [2.75, 3.05) is 19.8 Å². The van der Waals surface area contributed by atoms with Crippen LogP contribution in [0.4, 0.5) is 0 Å². The van der Waals surface area contributed by atoms with Crippen LogP contribution in [-0.4, -0.2) is 36.4 Å². The molecule has 5 nitrogen and oxygen atoms in total. The van der Waals surface area contributed by atoms with Crippen molar-refractivity contribution in [3.63, 3.8) is 0 Å². The number of rotatable bonds is 3. The summed E-state index contributed by atoms with van der Waals surface area (Å²) in [6.07, 6.45) is 6.23. The quantitative estimate of drug-likeness (QED) is 0.762. The fourth-order valence-corrected chi connectivity index (χ4v) is 2.34. The Morgan fingerprint density at radius 1 is 1.35 bits per heavy atom. The van der Waals surface area contributed by atoms with Gasteiger partial charge in [0.15, 0.2) is 0 Å².